The van der Waals surface area contributed by atoms with E-state index in [0.29, 0.717) is 0 Å². The minimum absolute atomic E-state index is 0. The second-order valence-corrected chi connectivity index (χ2v) is 21.5. The first-order valence-electron chi connectivity index (χ1n) is 25.4. The van der Waals surface area contributed by atoms with Gasteiger partial charge >= 0.3 is 37.4 Å². The summed E-state index contributed by atoms with van der Waals surface area (Å²) in [5.41, 5.74) is 0. The molecule has 0 aliphatic carbocycles. The molecule has 82 heavy (non-hydrogen) atoms. The molecule has 0 aromatic rings. The van der Waals surface area contributed by atoms with Gasteiger partial charge in [-0.2, -0.15) is 0 Å². The van der Waals surface area contributed by atoms with E-state index in [1.165, 1.54) is 0 Å². The van der Waals surface area contributed by atoms with Crippen LogP contribution < -0.4 is 29.6 Å². The van der Waals surface area contributed by atoms with Gasteiger partial charge in [0.1, 0.15) is 171 Å². The fourth-order valence-corrected chi connectivity index (χ4v) is 10.9. The van der Waals surface area contributed by atoms with E-state index in [-0.39, 0.29) is 31.0 Å². The molecule has 21 aliphatic heterocycles. The molecule has 0 aromatic carbocycles. The standard InChI is InChI=1S/C42H71O38P.Na.H/c43-1-8-29-16(50)23(57)37(68-8)76-31-10(3-45)70-39(25(59)18(31)52)78-33-12(5-47)72-41(27(61)20(33)54)80-35-14(7-66-81(63,64)65)73-42(28(62)21(35)55)79-34-13(6-48)71-40(26(60)19(34)53)77-32-11(4-46)69-38(24(58)17(32)51)75-30-9(2-44)67-36(74-29)22(56)15(30)49;;/h8-62H,1-7H2,(H2,63,64,65);;/q;+1;-1/t8-,9-,10-,11-,12-,13-,14-,15-,16-,17-,18-,19-,20-,21-,22-,23-,24-,25-,26-,27-,28-,29-,30-,31-,32-,33-,34-,35-,36-,37-,38-,39-,40-,41-,42-;;/m1../s1. The Labute approximate surface area is 485 Å². The predicted octanol–water partition coefficient (Wildman–Crippen LogP) is -18.0. The Hall–Kier alpha value is -0.250. The monoisotopic (exact) mass is 1240 g/mol. The zero-order valence-electron chi connectivity index (χ0n) is 44.0. The molecule has 474 valence electrons. The van der Waals surface area contributed by atoms with E-state index in [1.807, 2.05) is 0 Å². The van der Waals surface area contributed by atoms with Gasteiger partial charge in [-0.15, -0.1) is 0 Å². The van der Waals surface area contributed by atoms with Crippen LogP contribution in [0.4, 0.5) is 0 Å². The van der Waals surface area contributed by atoms with Crippen LogP contribution in [0.15, 0.2) is 0 Å². The van der Waals surface area contributed by atoms with Crippen LogP contribution in [0.25, 0.3) is 0 Å². The van der Waals surface area contributed by atoms with Gasteiger partial charge in [-0.05, 0) is 0 Å². The zero-order chi connectivity index (χ0) is 59.3. The molecular weight excluding hydrogens is 1170 g/mol. The van der Waals surface area contributed by atoms with Crippen LogP contribution >= 0.6 is 7.82 Å². The summed E-state index contributed by atoms with van der Waals surface area (Å²) in [7, 11) is -5.43. The van der Waals surface area contributed by atoms with E-state index < -0.39 is 269 Å². The molecule has 0 aromatic heterocycles. The average molecular weight is 1240 g/mol. The molecule has 21 saturated heterocycles. The first-order chi connectivity index (χ1) is 38.3. The Morgan fingerprint density at radius 3 is 0.561 bits per heavy atom. The number of ether oxygens (including phenoxy) is 14. The van der Waals surface area contributed by atoms with Gasteiger partial charge in [-0.25, -0.2) is 4.57 Å². The third-order valence-corrected chi connectivity index (χ3v) is 15.5. The maximum absolute atomic E-state index is 11.9. The van der Waals surface area contributed by atoms with Crippen molar-refractivity contribution in [2.45, 2.75) is 215 Å². The van der Waals surface area contributed by atoms with Crippen molar-refractivity contribution in [2.75, 3.05) is 46.2 Å². The largest absolute Gasteiger partial charge is 1.00 e. The van der Waals surface area contributed by atoms with Crippen LogP contribution in [-0.2, 0) is 75.4 Å². The van der Waals surface area contributed by atoms with Crippen LogP contribution in [0, 0.1) is 0 Å². The van der Waals surface area contributed by atoms with Crippen LogP contribution in [0.5, 0.6) is 0 Å². The molecular formula is C42H72NaO38P. The molecule has 22 N–H and O–H groups in total. The van der Waals surface area contributed by atoms with Crippen LogP contribution in [0.1, 0.15) is 1.43 Å². The molecule has 35 atom stereocenters. The van der Waals surface area contributed by atoms with Gasteiger partial charge in [0.15, 0.2) is 44.0 Å². The first kappa shape index (κ1) is 69.2. The van der Waals surface area contributed by atoms with E-state index in [9.17, 15) is 116 Å². The Morgan fingerprint density at radius 2 is 0.415 bits per heavy atom. The fourth-order valence-electron chi connectivity index (χ4n) is 10.6. The van der Waals surface area contributed by atoms with Gasteiger partial charge in [-0.1, -0.05) is 0 Å². The minimum Gasteiger partial charge on any atom is -1.00 e. The van der Waals surface area contributed by atoms with E-state index in [2.05, 4.69) is 4.52 Å². The quantitative estimate of drug-likeness (QED) is 0.0753. The minimum atomic E-state index is -5.43. The van der Waals surface area contributed by atoms with Crippen molar-refractivity contribution in [3.63, 3.8) is 0 Å². The Balaban J connectivity index is 0.00000553. The van der Waals surface area contributed by atoms with Crippen LogP contribution in [0.2, 0.25) is 0 Å². The molecule has 0 amide bonds. The molecule has 0 saturated carbocycles. The molecule has 21 heterocycles. The molecule has 38 nitrogen and oxygen atoms in total. The topological polar surface area (TPSA) is 601 Å². The summed E-state index contributed by atoms with van der Waals surface area (Å²) in [5.74, 6) is 0. The van der Waals surface area contributed by atoms with Crippen molar-refractivity contribution in [1.29, 1.82) is 0 Å². The van der Waals surface area contributed by atoms with Gasteiger partial charge in [-0.3, -0.25) is 4.52 Å². The van der Waals surface area contributed by atoms with E-state index >= 15 is 0 Å². The second kappa shape index (κ2) is 29.1. The maximum atomic E-state index is 11.9. The molecule has 0 spiro atoms. The molecule has 0 radical (unpaired) electrons. The SMILES string of the molecule is O=P(O)(O)OC[C@H]1O[C@@H]2O[C@H]3[C@H](O)[C@@H](O)[C@@H](O[C@H]4[C@H](O)[C@@H](O)[C@@H](O[C@H]5[C@H](O)[C@@H](O)[C@@H](O[C@H]6[C@H](O)[C@@H](O)[C@@H](O[C@H]7[C@H](O)[C@@H](O)[C@@H](O[C@H]8[C@H](O)[C@@H](O)[C@@H](O[C@H]1[C@H](O)[C@H]2O)O[C@@H]8CO)O[C@@H]7CO)O[C@@H]6CO)O[C@@H]5CO)O[C@@H]4CO)O[C@@H]3CO.[H-].[Na+]. The Bertz CT molecular complexity index is 2020. The number of hydrogen-bond donors (Lipinski definition) is 22. The number of aliphatic hydroxyl groups is 20. The third-order valence-electron chi connectivity index (χ3n) is 15.0. The second-order valence-electron chi connectivity index (χ2n) is 20.3. The summed E-state index contributed by atoms with van der Waals surface area (Å²) in [6.45, 7) is -7.83. The van der Waals surface area contributed by atoms with Crippen molar-refractivity contribution >= 4 is 7.82 Å². The third kappa shape index (κ3) is 14.3. The van der Waals surface area contributed by atoms with Gasteiger partial charge in [0.25, 0.3) is 0 Å². The van der Waals surface area contributed by atoms with Crippen LogP contribution in [-0.4, -0.2) is 373 Å². The summed E-state index contributed by atoms with van der Waals surface area (Å²) >= 11 is 0. The van der Waals surface area contributed by atoms with Crippen molar-refractivity contribution in [3.8, 4) is 0 Å². The number of phosphoric acid groups is 1. The normalized spacial score (nSPS) is 52.8. The summed E-state index contributed by atoms with van der Waals surface area (Å²) < 4.78 is 95.8. The van der Waals surface area contributed by atoms with Gasteiger partial charge in [0.2, 0.25) is 0 Å². The zero-order valence-corrected chi connectivity index (χ0v) is 45.9. The van der Waals surface area contributed by atoms with Crippen molar-refractivity contribution in [3.05, 3.63) is 0 Å². The van der Waals surface area contributed by atoms with Gasteiger partial charge in [0, 0.05) is 0 Å². The first-order valence-corrected chi connectivity index (χ1v) is 26.9. The number of phosphoric ester groups is 1. The van der Waals surface area contributed by atoms with Crippen molar-refractivity contribution in [1.82, 2.24) is 0 Å². The summed E-state index contributed by atoms with van der Waals surface area (Å²) in [6, 6.07) is 0. The van der Waals surface area contributed by atoms with E-state index in [4.69, 9.17) is 66.3 Å². The van der Waals surface area contributed by atoms with E-state index in [0.717, 1.165) is 0 Å². The molecule has 0 unspecified atom stereocenters. The smallest absolute Gasteiger partial charge is 1.00 e. The summed E-state index contributed by atoms with van der Waals surface area (Å²) in [5, 5.41) is 221. The van der Waals surface area contributed by atoms with Gasteiger partial charge < -0.3 is 180 Å². The summed E-state index contributed by atoms with van der Waals surface area (Å²) in [4.78, 5) is 19.1. The molecule has 40 heteroatoms. The fraction of sp³-hybridized carbons (Fsp3) is 1.00. The van der Waals surface area contributed by atoms with Crippen molar-refractivity contribution in [2.24, 2.45) is 0 Å². The maximum Gasteiger partial charge on any atom is 1.00 e. The number of hydrogen-bond acceptors (Lipinski definition) is 36. The van der Waals surface area contributed by atoms with E-state index in [1.54, 1.807) is 0 Å². The van der Waals surface area contributed by atoms with Crippen LogP contribution in [0.3, 0.4) is 0 Å². The Morgan fingerprint density at radius 1 is 0.268 bits per heavy atom. The predicted molar refractivity (Wildman–Crippen MR) is 240 cm³/mol. The molecule has 21 fully saturated rings. The summed E-state index contributed by atoms with van der Waals surface area (Å²) in [6.07, 6.45) is -73.2. The number of aliphatic hydroxyl groups excluding tert-OH is 20. The van der Waals surface area contributed by atoms with Crippen molar-refractivity contribution < 1.29 is 218 Å². The molecule has 21 rings (SSSR count). The Kier molecular flexibility index (Phi) is 24.6. The number of rotatable bonds is 9. The molecule has 21 aliphatic rings. The molecule has 14 bridgehead atoms. The average Bonchev–Trinajstić information content (AvgIpc) is 3.57. The van der Waals surface area contributed by atoms with Gasteiger partial charge in [0.05, 0.1) is 46.2 Å².